The smallest absolute Gasteiger partial charge is 0.338 e. The monoisotopic (exact) mass is 360 g/mol. The number of nitrogens with two attached hydrogens (primary N) is 1. The van der Waals surface area contributed by atoms with Gasteiger partial charge >= 0.3 is 5.97 Å². The van der Waals surface area contributed by atoms with Crippen LogP contribution in [-0.2, 0) is 4.74 Å². The van der Waals surface area contributed by atoms with Gasteiger partial charge in [0.25, 0.3) is 5.69 Å². The number of carbonyl (C=O) groups excluding carboxylic acids is 1. The fourth-order valence-electron chi connectivity index (χ4n) is 2.06. The van der Waals surface area contributed by atoms with E-state index in [2.05, 4.69) is 0 Å². The molecule has 2 rings (SSSR count). The maximum Gasteiger partial charge on any atom is 0.338 e. The zero-order valence-corrected chi connectivity index (χ0v) is 14.3. The first-order chi connectivity index (χ1) is 12.5. The third-order valence-corrected chi connectivity index (χ3v) is 3.34. The number of hydrogen-bond acceptors (Lipinski definition) is 7. The highest BCUT2D eigenvalue weighted by molar-refractivity contribution is 5.91. The summed E-state index contributed by atoms with van der Waals surface area (Å²) in [4.78, 5) is 22.1. The van der Waals surface area contributed by atoms with E-state index in [1.807, 2.05) is 6.92 Å². The molecule has 26 heavy (non-hydrogen) atoms. The Morgan fingerprint density at radius 1 is 1.04 bits per heavy atom. The lowest BCUT2D eigenvalue weighted by atomic mass is 10.2. The van der Waals surface area contributed by atoms with Gasteiger partial charge in [0, 0.05) is 6.07 Å². The van der Waals surface area contributed by atoms with Crippen LogP contribution in [0, 0.1) is 10.1 Å². The first kappa shape index (κ1) is 19.0. The minimum Gasteiger partial charge on any atom is -0.494 e. The molecule has 2 N–H and O–H groups in total. The van der Waals surface area contributed by atoms with Crippen LogP contribution in [0.4, 0.5) is 11.4 Å². The molecule has 0 amide bonds. The van der Waals surface area contributed by atoms with Gasteiger partial charge in [-0.25, -0.2) is 4.79 Å². The van der Waals surface area contributed by atoms with E-state index >= 15 is 0 Å². The van der Waals surface area contributed by atoms with Crippen molar-refractivity contribution in [3.63, 3.8) is 0 Å². The first-order valence-corrected chi connectivity index (χ1v) is 8.08. The van der Waals surface area contributed by atoms with Crippen LogP contribution >= 0.6 is 0 Å². The Morgan fingerprint density at radius 2 is 1.65 bits per heavy atom. The van der Waals surface area contributed by atoms with E-state index in [9.17, 15) is 14.9 Å². The van der Waals surface area contributed by atoms with E-state index in [1.165, 1.54) is 12.1 Å². The highest BCUT2D eigenvalue weighted by Gasteiger charge is 2.16. The Balaban J connectivity index is 1.80. The highest BCUT2D eigenvalue weighted by Crippen LogP contribution is 2.22. The average molecular weight is 360 g/mol. The summed E-state index contributed by atoms with van der Waals surface area (Å²) in [5.74, 6) is 0.698. The largest absolute Gasteiger partial charge is 0.494 e. The van der Waals surface area contributed by atoms with Crippen LogP contribution in [0.15, 0.2) is 42.5 Å². The van der Waals surface area contributed by atoms with Crippen molar-refractivity contribution in [2.24, 2.45) is 0 Å². The number of ether oxygens (including phenoxy) is 3. The summed E-state index contributed by atoms with van der Waals surface area (Å²) in [6.07, 6.45) is 0.931. The van der Waals surface area contributed by atoms with Crippen LogP contribution in [0.5, 0.6) is 11.5 Å². The molecule has 8 heteroatoms. The van der Waals surface area contributed by atoms with Crippen molar-refractivity contribution in [3.05, 3.63) is 58.1 Å². The normalized spacial score (nSPS) is 10.2. The first-order valence-electron chi connectivity index (χ1n) is 8.08. The number of nitrogen functional groups attached to an aromatic ring is 1. The molecule has 0 aliphatic carbocycles. The van der Waals surface area contributed by atoms with Crippen molar-refractivity contribution in [2.75, 3.05) is 25.6 Å². The van der Waals surface area contributed by atoms with Gasteiger partial charge in [-0.3, -0.25) is 10.1 Å². The molecule has 2 aromatic carbocycles. The number of rotatable bonds is 9. The maximum absolute atomic E-state index is 11.9. The summed E-state index contributed by atoms with van der Waals surface area (Å²) in [6.45, 7) is 2.84. The summed E-state index contributed by atoms with van der Waals surface area (Å²) in [7, 11) is 0. The van der Waals surface area contributed by atoms with Crippen LogP contribution in [0.25, 0.3) is 0 Å². The fourth-order valence-corrected chi connectivity index (χ4v) is 2.06. The minimum atomic E-state index is -0.681. The lowest BCUT2D eigenvalue weighted by Gasteiger charge is -2.09. The molecule has 138 valence electrons. The molecule has 0 aromatic heterocycles. The Bertz CT molecular complexity index is 761. The maximum atomic E-state index is 11.9. The molecule has 0 spiro atoms. The zero-order valence-electron chi connectivity index (χ0n) is 14.3. The quantitative estimate of drug-likeness (QED) is 0.240. The van der Waals surface area contributed by atoms with Gasteiger partial charge in [-0.2, -0.15) is 0 Å². The zero-order chi connectivity index (χ0) is 18.9. The molecule has 0 radical (unpaired) electrons. The van der Waals surface area contributed by atoms with Crippen LogP contribution in [0.1, 0.15) is 23.7 Å². The van der Waals surface area contributed by atoms with Crippen molar-refractivity contribution in [3.8, 4) is 11.5 Å². The van der Waals surface area contributed by atoms with E-state index in [-0.39, 0.29) is 30.2 Å². The number of nitro benzene ring substituents is 1. The van der Waals surface area contributed by atoms with Crippen LogP contribution in [-0.4, -0.2) is 30.7 Å². The Kier molecular flexibility index (Phi) is 6.78. The van der Waals surface area contributed by atoms with Crippen molar-refractivity contribution in [1.29, 1.82) is 0 Å². The summed E-state index contributed by atoms with van der Waals surface area (Å²) in [6, 6.07) is 10.9. The van der Waals surface area contributed by atoms with E-state index in [4.69, 9.17) is 19.9 Å². The van der Waals surface area contributed by atoms with Gasteiger partial charge in [0.1, 0.15) is 30.4 Å². The molecule has 2 aromatic rings. The van der Waals surface area contributed by atoms with E-state index in [1.54, 1.807) is 24.3 Å². The summed E-state index contributed by atoms with van der Waals surface area (Å²) >= 11 is 0. The second-order valence-electron chi connectivity index (χ2n) is 5.33. The molecular weight excluding hydrogens is 340 g/mol. The van der Waals surface area contributed by atoms with Gasteiger partial charge in [0.15, 0.2) is 0 Å². The van der Waals surface area contributed by atoms with Gasteiger partial charge in [0.2, 0.25) is 0 Å². The van der Waals surface area contributed by atoms with Gasteiger partial charge in [-0.1, -0.05) is 6.92 Å². The van der Waals surface area contributed by atoms with Gasteiger partial charge in [-0.05, 0) is 42.8 Å². The van der Waals surface area contributed by atoms with Crippen LogP contribution in [0.3, 0.4) is 0 Å². The highest BCUT2D eigenvalue weighted by atomic mass is 16.6. The molecule has 0 atom stereocenters. The summed E-state index contributed by atoms with van der Waals surface area (Å²) < 4.78 is 16.0. The molecule has 0 bridgehead atoms. The van der Waals surface area contributed by atoms with E-state index < -0.39 is 10.9 Å². The molecule has 0 heterocycles. The Hall–Kier alpha value is -3.29. The number of nitrogens with zero attached hydrogens (tertiary/aromatic N) is 1. The van der Waals surface area contributed by atoms with Crippen molar-refractivity contribution in [1.82, 2.24) is 0 Å². The second kappa shape index (κ2) is 9.26. The SMILES string of the molecule is CCCOc1ccc(OCCOC(=O)c2ccc(N)c([N+](=O)[O-])c2)cc1. The molecule has 0 saturated carbocycles. The minimum absolute atomic E-state index is 0.00505. The predicted octanol–water partition coefficient (Wildman–Crippen LogP) is 3.20. The second-order valence-corrected chi connectivity index (χ2v) is 5.33. The third kappa shape index (κ3) is 5.37. The number of benzene rings is 2. The van der Waals surface area contributed by atoms with Crippen LogP contribution < -0.4 is 15.2 Å². The average Bonchev–Trinajstić information content (AvgIpc) is 2.64. The molecule has 0 saturated heterocycles. The Labute approximate surface area is 150 Å². The van der Waals surface area contributed by atoms with Gasteiger partial charge in [-0.15, -0.1) is 0 Å². The summed E-state index contributed by atoms with van der Waals surface area (Å²) in [5.41, 5.74) is 5.20. The topological polar surface area (TPSA) is 114 Å². The Morgan fingerprint density at radius 3 is 2.23 bits per heavy atom. The number of hydrogen-bond donors (Lipinski definition) is 1. The number of nitro groups is 1. The standard InChI is InChI=1S/C18H20N2O6/c1-2-9-24-14-4-6-15(7-5-14)25-10-11-26-18(21)13-3-8-16(19)17(12-13)20(22)23/h3-8,12H,2,9-11,19H2,1H3. The molecule has 0 fully saturated rings. The predicted molar refractivity (Wildman–Crippen MR) is 95.5 cm³/mol. The molecule has 0 aliphatic heterocycles. The molecular formula is C18H20N2O6. The van der Waals surface area contributed by atoms with E-state index in [0.29, 0.717) is 12.4 Å². The number of anilines is 1. The van der Waals surface area contributed by atoms with Crippen LogP contribution in [0.2, 0.25) is 0 Å². The lowest BCUT2D eigenvalue weighted by Crippen LogP contribution is -2.12. The lowest BCUT2D eigenvalue weighted by molar-refractivity contribution is -0.383. The van der Waals surface area contributed by atoms with Gasteiger partial charge < -0.3 is 19.9 Å². The number of esters is 1. The van der Waals surface area contributed by atoms with E-state index in [0.717, 1.165) is 18.2 Å². The van der Waals surface area contributed by atoms with Crippen molar-refractivity contribution >= 4 is 17.3 Å². The molecule has 8 nitrogen and oxygen atoms in total. The number of carbonyl (C=O) groups is 1. The molecule has 0 aliphatic rings. The third-order valence-electron chi connectivity index (χ3n) is 3.34. The molecule has 0 unspecified atom stereocenters. The summed E-state index contributed by atoms with van der Waals surface area (Å²) in [5, 5.41) is 10.8. The fraction of sp³-hybridized carbons (Fsp3) is 0.278. The van der Waals surface area contributed by atoms with Crippen molar-refractivity contribution < 1.29 is 23.9 Å². The van der Waals surface area contributed by atoms with Gasteiger partial charge in [0.05, 0.1) is 17.1 Å². The van der Waals surface area contributed by atoms with Crippen molar-refractivity contribution in [2.45, 2.75) is 13.3 Å².